The summed E-state index contributed by atoms with van der Waals surface area (Å²) >= 11 is 5.89. The van der Waals surface area contributed by atoms with Crippen molar-refractivity contribution in [2.75, 3.05) is 33.4 Å². The van der Waals surface area contributed by atoms with Crippen LogP contribution in [0.4, 0.5) is 0 Å². The highest BCUT2D eigenvalue weighted by Crippen LogP contribution is 2.27. The number of hydrogen-bond donors (Lipinski definition) is 0. The maximum Gasteiger partial charge on any atom is 0.119 e. The lowest BCUT2D eigenvalue weighted by molar-refractivity contribution is 0.127. The molecule has 0 saturated heterocycles. The van der Waals surface area contributed by atoms with Crippen LogP contribution in [0.15, 0.2) is 30.5 Å². The van der Waals surface area contributed by atoms with Gasteiger partial charge in [-0.1, -0.05) is 11.6 Å². The Hall–Kier alpha value is -1.56. The van der Waals surface area contributed by atoms with Gasteiger partial charge < -0.3 is 9.47 Å². The molecule has 0 aliphatic carbocycles. The predicted octanol–water partition coefficient (Wildman–Crippen LogP) is 3.18. The Balaban J connectivity index is 1.59. The molecule has 0 amide bonds. The van der Waals surface area contributed by atoms with Crippen LogP contribution < -0.4 is 4.74 Å². The van der Waals surface area contributed by atoms with E-state index in [0.29, 0.717) is 12.5 Å². The fourth-order valence-electron chi connectivity index (χ4n) is 3.13. The molecule has 1 aliphatic heterocycles. The fraction of sp³-hybridized carbons (Fsp3) is 0.500. The van der Waals surface area contributed by atoms with Gasteiger partial charge in [-0.05, 0) is 31.2 Å². The molecule has 2 heterocycles. The lowest BCUT2D eigenvalue weighted by Gasteiger charge is -2.31. The van der Waals surface area contributed by atoms with E-state index in [9.17, 15) is 0 Å². The Morgan fingerprint density at radius 3 is 2.79 bits per heavy atom. The zero-order chi connectivity index (χ0) is 16.9. The summed E-state index contributed by atoms with van der Waals surface area (Å²) < 4.78 is 13.2. The van der Waals surface area contributed by atoms with Gasteiger partial charge in [0.25, 0.3) is 0 Å². The molecule has 2 aromatic rings. The van der Waals surface area contributed by atoms with E-state index in [4.69, 9.17) is 26.2 Å². The quantitative estimate of drug-likeness (QED) is 0.769. The molecule has 1 aromatic heterocycles. The standard InChI is InChI=1S/C18H24ClN3O2/c1-3-22-11-17-14(13-23-2)10-21(12-18(17)20-22)8-9-24-16-6-4-15(19)5-7-16/h4-7,11,14H,3,8-10,12-13H2,1-2H3/t14-/m0/s1. The van der Waals surface area contributed by atoms with Crippen LogP contribution in [0.3, 0.4) is 0 Å². The molecule has 0 bridgehead atoms. The highest BCUT2D eigenvalue weighted by atomic mass is 35.5. The van der Waals surface area contributed by atoms with Crippen LogP contribution >= 0.6 is 11.6 Å². The first-order valence-electron chi connectivity index (χ1n) is 8.35. The largest absolute Gasteiger partial charge is 0.492 e. The number of aromatic nitrogens is 2. The van der Waals surface area contributed by atoms with E-state index in [1.54, 1.807) is 7.11 Å². The van der Waals surface area contributed by atoms with Crippen LogP contribution in [0.5, 0.6) is 5.75 Å². The summed E-state index contributed by atoms with van der Waals surface area (Å²) in [6.45, 7) is 7.07. The maximum atomic E-state index is 5.89. The molecule has 1 aliphatic rings. The summed E-state index contributed by atoms with van der Waals surface area (Å²) in [5, 5.41) is 5.41. The molecule has 3 rings (SSSR count). The van der Waals surface area contributed by atoms with Crippen molar-refractivity contribution < 1.29 is 9.47 Å². The summed E-state index contributed by atoms with van der Waals surface area (Å²) in [5.41, 5.74) is 2.49. The molecular weight excluding hydrogens is 326 g/mol. The second-order valence-electron chi connectivity index (χ2n) is 6.08. The summed E-state index contributed by atoms with van der Waals surface area (Å²) in [5.74, 6) is 1.22. The molecule has 0 saturated carbocycles. The van der Waals surface area contributed by atoms with Gasteiger partial charge in [-0.2, -0.15) is 5.10 Å². The molecule has 0 spiro atoms. The topological polar surface area (TPSA) is 39.5 Å². The number of hydrogen-bond acceptors (Lipinski definition) is 4. The van der Waals surface area contributed by atoms with E-state index in [1.165, 1.54) is 5.56 Å². The minimum absolute atomic E-state index is 0.370. The third kappa shape index (κ3) is 4.09. The second-order valence-corrected chi connectivity index (χ2v) is 6.51. The minimum atomic E-state index is 0.370. The van der Waals surface area contributed by atoms with E-state index in [1.807, 2.05) is 28.9 Å². The smallest absolute Gasteiger partial charge is 0.119 e. The first kappa shape index (κ1) is 17.3. The van der Waals surface area contributed by atoms with E-state index < -0.39 is 0 Å². The summed E-state index contributed by atoms with van der Waals surface area (Å²) in [7, 11) is 1.76. The molecule has 6 heteroatoms. The predicted molar refractivity (Wildman–Crippen MR) is 94.7 cm³/mol. The van der Waals surface area contributed by atoms with Crippen LogP contribution in [0.25, 0.3) is 0 Å². The van der Waals surface area contributed by atoms with Crippen molar-refractivity contribution in [3.8, 4) is 5.75 Å². The Labute approximate surface area is 148 Å². The van der Waals surface area contributed by atoms with Gasteiger partial charge in [0, 0.05) is 56.0 Å². The van der Waals surface area contributed by atoms with Gasteiger partial charge in [0.05, 0.1) is 12.3 Å². The van der Waals surface area contributed by atoms with Gasteiger partial charge >= 0.3 is 0 Å². The SMILES string of the molecule is CCn1cc2c(n1)CN(CCOc1ccc(Cl)cc1)C[C@H]2COC. The van der Waals surface area contributed by atoms with E-state index in [0.717, 1.165) is 49.3 Å². The van der Waals surface area contributed by atoms with Crippen molar-refractivity contribution in [2.24, 2.45) is 0 Å². The third-order valence-electron chi connectivity index (χ3n) is 4.34. The van der Waals surface area contributed by atoms with Gasteiger partial charge in [-0.15, -0.1) is 0 Å². The summed E-state index contributed by atoms with van der Waals surface area (Å²) in [6.07, 6.45) is 2.17. The Bertz CT molecular complexity index is 657. The van der Waals surface area contributed by atoms with Crippen molar-refractivity contribution in [1.82, 2.24) is 14.7 Å². The van der Waals surface area contributed by atoms with Crippen LogP contribution in [-0.2, 0) is 17.8 Å². The average Bonchev–Trinajstić information content (AvgIpc) is 3.00. The van der Waals surface area contributed by atoms with Gasteiger partial charge in [-0.3, -0.25) is 9.58 Å². The minimum Gasteiger partial charge on any atom is -0.492 e. The Morgan fingerprint density at radius 2 is 2.08 bits per heavy atom. The molecule has 0 unspecified atom stereocenters. The molecule has 24 heavy (non-hydrogen) atoms. The second kappa shape index (κ2) is 8.01. The number of nitrogens with zero attached hydrogens (tertiary/aromatic N) is 3. The molecule has 1 atom stereocenters. The van der Waals surface area contributed by atoms with Crippen LogP contribution in [0, 0.1) is 0 Å². The third-order valence-corrected chi connectivity index (χ3v) is 4.60. The average molecular weight is 350 g/mol. The molecular formula is C18H24ClN3O2. The van der Waals surface area contributed by atoms with Crippen LogP contribution in [0.2, 0.25) is 5.02 Å². The van der Waals surface area contributed by atoms with Gasteiger partial charge in [0.1, 0.15) is 12.4 Å². The molecule has 0 N–H and O–H groups in total. The number of rotatable bonds is 7. The zero-order valence-corrected chi connectivity index (χ0v) is 15.0. The van der Waals surface area contributed by atoms with Crippen molar-refractivity contribution in [3.63, 3.8) is 0 Å². The number of aryl methyl sites for hydroxylation is 1. The monoisotopic (exact) mass is 349 g/mol. The van der Waals surface area contributed by atoms with Gasteiger partial charge in [-0.25, -0.2) is 0 Å². The number of benzene rings is 1. The lowest BCUT2D eigenvalue weighted by atomic mass is 9.96. The van der Waals surface area contributed by atoms with Crippen molar-refractivity contribution >= 4 is 11.6 Å². The Morgan fingerprint density at radius 1 is 1.29 bits per heavy atom. The number of fused-ring (bicyclic) bond motifs is 1. The molecule has 5 nitrogen and oxygen atoms in total. The summed E-state index contributed by atoms with van der Waals surface area (Å²) in [4.78, 5) is 2.38. The molecule has 0 fully saturated rings. The van der Waals surface area contributed by atoms with Gasteiger partial charge in [0.15, 0.2) is 0 Å². The van der Waals surface area contributed by atoms with E-state index in [2.05, 4.69) is 18.0 Å². The normalized spacial score (nSPS) is 17.7. The van der Waals surface area contributed by atoms with Gasteiger partial charge in [0.2, 0.25) is 0 Å². The molecule has 0 radical (unpaired) electrons. The highest BCUT2D eigenvalue weighted by Gasteiger charge is 2.28. The summed E-state index contributed by atoms with van der Waals surface area (Å²) in [6, 6.07) is 7.48. The van der Waals surface area contributed by atoms with E-state index in [-0.39, 0.29) is 0 Å². The first-order chi connectivity index (χ1) is 11.7. The number of halogens is 1. The van der Waals surface area contributed by atoms with Crippen molar-refractivity contribution in [3.05, 3.63) is 46.7 Å². The Kier molecular flexibility index (Phi) is 5.76. The molecule has 130 valence electrons. The van der Waals surface area contributed by atoms with Crippen LogP contribution in [-0.4, -0.2) is 48.1 Å². The van der Waals surface area contributed by atoms with Crippen LogP contribution in [0.1, 0.15) is 24.1 Å². The zero-order valence-electron chi connectivity index (χ0n) is 14.2. The fourth-order valence-corrected chi connectivity index (χ4v) is 3.25. The first-order valence-corrected chi connectivity index (χ1v) is 8.73. The van der Waals surface area contributed by atoms with E-state index >= 15 is 0 Å². The highest BCUT2D eigenvalue weighted by molar-refractivity contribution is 6.30. The maximum absolute atomic E-state index is 5.89. The number of ether oxygens (including phenoxy) is 2. The number of methoxy groups -OCH3 is 1. The van der Waals surface area contributed by atoms with Crippen molar-refractivity contribution in [1.29, 1.82) is 0 Å². The molecule has 1 aromatic carbocycles. The lowest BCUT2D eigenvalue weighted by Crippen LogP contribution is -2.37. The van der Waals surface area contributed by atoms with Crippen molar-refractivity contribution in [2.45, 2.75) is 25.9 Å².